The van der Waals surface area contributed by atoms with Crippen LogP contribution in [0, 0.1) is 0 Å². The Morgan fingerprint density at radius 3 is 2.70 bits per heavy atom. The molecule has 2 N–H and O–H groups in total. The van der Waals surface area contributed by atoms with Crippen molar-refractivity contribution in [2.75, 3.05) is 25.6 Å². The number of aliphatic hydroxyl groups is 1. The van der Waals surface area contributed by atoms with Crippen LogP contribution in [0.1, 0.15) is 29.9 Å². The summed E-state index contributed by atoms with van der Waals surface area (Å²) in [5.41, 5.74) is 3.21. The fourth-order valence-electron chi connectivity index (χ4n) is 4.24. The molecule has 1 fully saturated rings. The summed E-state index contributed by atoms with van der Waals surface area (Å²) < 4.78 is 12.1. The summed E-state index contributed by atoms with van der Waals surface area (Å²) in [5.74, 6) is 0.858. The van der Waals surface area contributed by atoms with Crippen molar-refractivity contribution in [3.63, 3.8) is 0 Å². The van der Waals surface area contributed by atoms with E-state index in [0.29, 0.717) is 18.0 Å². The average molecular weight is 431 g/mol. The maximum Gasteiger partial charge on any atom is 0.222 e. The highest BCUT2D eigenvalue weighted by Crippen LogP contribution is 2.47. The molecule has 2 aliphatic heterocycles. The summed E-state index contributed by atoms with van der Waals surface area (Å²) in [6, 6.07) is 13.5. The molecule has 2 heterocycles. The van der Waals surface area contributed by atoms with Crippen LogP contribution in [-0.2, 0) is 16.1 Å². The first-order chi connectivity index (χ1) is 14.4. The summed E-state index contributed by atoms with van der Waals surface area (Å²) in [7, 11) is 4.01. The lowest BCUT2D eigenvalue weighted by Crippen LogP contribution is -2.47. The Morgan fingerprint density at radius 1 is 1.23 bits per heavy atom. The van der Waals surface area contributed by atoms with E-state index in [1.807, 2.05) is 38.4 Å². The third-order valence-electron chi connectivity index (χ3n) is 5.82. The molecule has 0 aliphatic carbocycles. The van der Waals surface area contributed by atoms with Gasteiger partial charge in [-0.3, -0.25) is 4.79 Å². The number of aliphatic hydroxyl groups excluding tert-OH is 1. The summed E-state index contributed by atoms with van der Waals surface area (Å²) in [6.45, 7) is 0.301. The van der Waals surface area contributed by atoms with E-state index >= 15 is 0 Å². The van der Waals surface area contributed by atoms with Crippen molar-refractivity contribution in [2.45, 2.75) is 43.6 Å². The Hall–Kier alpha value is -2.28. The third-order valence-corrected chi connectivity index (χ3v) is 6.07. The predicted molar refractivity (Wildman–Crippen MR) is 116 cm³/mol. The van der Waals surface area contributed by atoms with Crippen LogP contribution in [0.3, 0.4) is 0 Å². The van der Waals surface area contributed by atoms with Crippen molar-refractivity contribution in [3.8, 4) is 5.75 Å². The first-order valence-corrected chi connectivity index (χ1v) is 10.6. The number of carbonyl (C=O) groups excluding carboxylic acids is 1. The maximum absolute atomic E-state index is 12.5. The number of amides is 1. The number of carbonyl (C=O) groups is 1. The van der Waals surface area contributed by atoms with Gasteiger partial charge in [0, 0.05) is 42.8 Å². The fraction of sp³-hybridized carbons (Fsp3) is 0.435. The van der Waals surface area contributed by atoms with Gasteiger partial charge in [0.2, 0.25) is 5.91 Å². The Bertz CT molecular complexity index is 903. The van der Waals surface area contributed by atoms with Crippen molar-refractivity contribution < 1.29 is 19.4 Å². The van der Waals surface area contributed by atoms with Crippen molar-refractivity contribution in [1.82, 2.24) is 5.32 Å². The number of hydrogen-bond acceptors (Lipinski definition) is 5. The number of rotatable bonds is 6. The molecule has 0 saturated carbocycles. The first-order valence-electron chi connectivity index (χ1n) is 10.2. The van der Waals surface area contributed by atoms with E-state index in [2.05, 4.69) is 16.3 Å². The lowest BCUT2D eigenvalue weighted by atomic mass is 9.84. The largest absolute Gasteiger partial charge is 0.487 e. The molecule has 0 spiro atoms. The van der Waals surface area contributed by atoms with E-state index in [-0.39, 0.29) is 37.1 Å². The zero-order chi connectivity index (χ0) is 21.3. The molecule has 2 aromatic carbocycles. The van der Waals surface area contributed by atoms with E-state index in [1.54, 1.807) is 12.1 Å². The Labute approximate surface area is 181 Å². The second-order valence-electron chi connectivity index (χ2n) is 8.13. The number of nitrogens with zero attached hydrogens (tertiary/aromatic N) is 1. The highest BCUT2D eigenvalue weighted by Gasteiger charge is 2.46. The van der Waals surface area contributed by atoms with Gasteiger partial charge in [0.15, 0.2) is 0 Å². The van der Waals surface area contributed by atoms with E-state index in [1.165, 1.54) is 0 Å². The SMILES string of the molecule is CN(C)c1ccc2c(c1)[C@@H]1C[C@@H](CC(=O)NCc3ccc(Cl)cc3)O[C@H](CO)[C@@H]1O2. The van der Waals surface area contributed by atoms with Crippen LogP contribution in [0.4, 0.5) is 5.69 Å². The number of halogens is 1. The number of nitrogens with one attached hydrogen (secondary N) is 1. The van der Waals surface area contributed by atoms with Gasteiger partial charge < -0.3 is 24.8 Å². The number of anilines is 1. The number of benzene rings is 2. The smallest absolute Gasteiger partial charge is 0.222 e. The van der Waals surface area contributed by atoms with Gasteiger partial charge in [0.05, 0.1) is 19.1 Å². The van der Waals surface area contributed by atoms with Crippen molar-refractivity contribution in [3.05, 3.63) is 58.6 Å². The van der Waals surface area contributed by atoms with Crippen LogP contribution >= 0.6 is 11.6 Å². The topological polar surface area (TPSA) is 71.0 Å². The first kappa shape index (κ1) is 21.0. The minimum atomic E-state index is -0.451. The molecule has 2 aliphatic rings. The van der Waals surface area contributed by atoms with Crippen molar-refractivity contribution in [1.29, 1.82) is 0 Å². The van der Waals surface area contributed by atoms with Crippen LogP contribution in [0.5, 0.6) is 5.75 Å². The molecule has 2 aromatic rings. The van der Waals surface area contributed by atoms with Crippen molar-refractivity contribution in [2.24, 2.45) is 0 Å². The van der Waals surface area contributed by atoms with Gasteiger partial charge in [-0.2, -0.15) is 0 Å². The molecule has 4 rings (SSSR count). The van der Waals surface area contributed by atoms with Crippen LogP contribution in [-0.4, -0.2) is 50.0 Å². The van der Waals surface area contributed by atoms with E-state index in [0.717, 1.165) is 22.6 Å². The van der Waals surface area contributed by atoms with E-state index < -0.39 is 6.10 Å². The molecule has 7 heteroatoms. The van der Waals surface area contributed by atoms with Gasteiger partial charge >= 0.3 is 0 Å². The van der Waals surface area contributed by atoms with Crippen LogP contribution in [0.2, 0.25) is 5.02 Å². The lowest BCUT2D eigenvalue weighted by Gasteiger charge is -2.37. The standard InChI is InChI=1S/C23H27ClN2O4/c1-26(2)16-7-8-20-18(9-16)19-10-17(29-21(13-27)23(19)30-20)11-22(28)25-12-14-3-5-15(24)6-4-14/h3-9,17,19,21,23,27H,10-13H2,1-2H3,(H,25,28)/t17-,19-,21+,23+/m0/s1. The van der Waals surface area contributed by atoms with Crippen LogP contribution < -0.4 is 15.0 Å². The van der Waals surface area contributed by atoms with Gasteiger partial charge in [0.25, 0.3) is 0 Å². The molecule has 6 nitrogen and oxygen atoms in total. The molecule has 1 saturated heterocycles. The summed E-state index contributed by atoms with van der Waals surface area (Å²) >= 11 is 5.90. The Morgan fingerprint density at radius 2 is 2.00 bits per heavy atom. The van der Waals surface area contributed by atoms with Gasteiger partial charge in [-0.25, -0.2) is 0 Å². The maximum atomic E-state index is 12.5. The molecule has 0 radical (unpaired) electrons. The average Bonchev–Trinajstić information content (AvgIpc) is 3.10. The Balaban J connectivity index is 1.42. The minimum absolute atomic E-state index is 0.0775. The normalized spacial score (nSPS) is 24.5. The molecule has 0 unspecified atom stereocenters. The molecule has 4 atom stereocenters. The number of hydrogen-bond donors (Lipinski definition) is 2. The second-order valence-corrected chi connectivity index (χ2v) is 8.56. The summed E-state index contributed by atoms with van der Waals surface area (Å²) in [6.07, 6.45) is -0.0231. The van der Waals surface area contributed by atoms with Gasteiger partial charge in [0.1, 0.15) is 18.0 Å². The van der Waals surface area contributed by atoms with Crippen molar-refractivity contribution >= 4 is 23.2 Å². The number of fused-ring (bicyclic) bond motifs is 3. The van der Waals surface area contributed by atoms with Crippen LogP contribution in [0.25, 0.3) is 0 Å². The van der Waals surface area contributed by atoms with E-state index in [9.17, 15) is 9.90 Å². The molecular formula is C23H27ClN2O4. The second kappa shape index (κ2) is 8.84. The molecule has 30 heavy (non-hydrogen) atoms. The number of ether oxygens (including phenoxy) is 2. The third kappa shape index (κ3) is 4.41. The highest BCUT2D eigenvalue weighted by atomic mass is 35.5. The zero-order valence-corrected chi connectivity index (χ0v) is 17.9. The molecule has 0 bridgehead atoms. The monoisotopic (exact) mass is 430 g/mol. The minimum Gasteiger partial charge on any atom is -0.487 e. The summed E-state index contributed by atoms with van der Waals surface area (Å²) in [5, 5.41) is 13.5. The van der Waals surface area contributed by atoms with E-state index in [4.69, 9.17) is 21.1 Å². The molecular weight excluding hydrogens is 404 g/mol. The zero-order valence-electron chi connectivity index (χ0n) is 17.2. The molecule has 1 amide bonds. The quantitative estimate of drug-likeness (QED) is 0.736. The van der Waals surface area contributed by atoms with Gasteiger partial charge in [-0.05, 0) is 42.3 Å². The highest BCUT2D eigenvalue weighted by molar-refractivity contribution is 6.30. The molecule has 160 valence electrons. The van der Waals surface area contributed by atoms with Gasteiger partial charge in [-0.15, -0.1) is 0 Å². The fourth-order valence-corrected chi connectivity index (χ4v) is 4.36. The summed E-state index contributed by atoms with van der Waals surface area (Å²) in [4.78, 5) is 14.6. The Kier molecular flexibility index (Phi) is 6.18. The van der Waals surface area contributed by atoms with Gasteiger partial charge in [-0.1, -0.05) is 23.7 Å². The lowest BCUT2D eigenvalue weighted by molar-refractivity contribution is -0.142. The molecule has 0 aromatic heterocycles. The predicted octanol–water partition coefficient (Wildman–Crippen LogP) is 3.11. The van der Waals surface area contributed by atoms with Crippen LogP contribution in [0.15, 0.2) is 42.5 Å².